The van der Waals surface area contributed by atoms with Crippen LogP contribution in [0.2, 0.25) is 0 Å². The molecule has 0 saturated heterocycles. The summed E-state index contributed by atoms with van der Waals surface area (Å²) in [5.41, 5.74) is 2.90. The lowest BCUT2D eigenvalue weighted by Crippen LogP contribution is -1.99. The van der Waals surface area contributed by atoms with Gasteiger partial charge in [0.2, 0.25) is 5.89 Å². The third kappa shape index (κ3) is 2.48. The van der Waals surface area contributed by atoms with Crippen molar-refractivity contribution in [1.29, 1.82) is 0 Å². The summed E-state index contributed by atoms with van der Waals surface area (Å²) in [6.45, 7) is 3.99. The number of aromatic carboxylic acids is 1. The third-order valence-corrected chi connectivity index (χ3v) is 4.19. The molecule has 1 aromatic carbocycles. The summed E-state index contributed by atoms with van der Waals surface area (Å²) in [4.78, 5) is 16.3. The fourth-order valence-corrected chi connectivity index (χ4v) is 2.70. The van der Waals surface area contributed by atoms with Crippen molar-refractivity contribution < 1.29 is 14.3 Å². The van der Waals surface area contributed by atoms with Gasteiger partial charge in [0.25, 0.3) is 0 Å². The van der Waals surface area contributed by atoms with Crippen LogP contribution in [0.3, 0.4) is 0 Å². The minimum absolute atomic E-state index is 0.0540. The van der Waals surface area contributed by atoms with Gasteiger partial charge in [0.1, 0.15) is 0 Å². The Morgan fingerprint density at radius 3 is 2.67 bits per heavy atom. The number of hydrogen-bond donors (Lipinski definition) is 1. The van der Waals surface area contributed by atoms with E-state index in [4.69, 9.17) is 4.42 Å². The molecule has 0 aliphatic heterocycles. The first-order valence-electron chi connectivity index (χ1n) is 6.42. The first-order chi connectivity index (χ1) is 10.1. The highest BCUT2D eigenvalue weighted by Crippen LogP contribution is 2.32. The van der Waals surface area contributed by atoms with Crippen molar-refractivity contribution in [3.05, 3.63) is 52.5 Å². The van der Waals surface area contributed by atoms with E-state index < -0.39 is 5.97 Å². The molecule has 0 amide bonds. The minimum atomic E-state index is -1.09. The molecule has 0 bridgehead atoms. The number of hydrogen-bond acceptors (Lipinski definition) is 4. The monoisotopic (exact) mass is 299 g/mol. The lowest BCUT2D eigenvalue weighted by atomic mass is 10.0. The van der Waals surface area contributed by atoms with E-state index >= 15 is 0 Å². The molecule has 0 radical (unpaired) electrons. The molecule has 0 fully saturated rings. The molecule has 0 aliphatic carbocycles. The molecule has 2 aromatic heterocycles. The van der Waals surface area contributed by atoms with Crippen LogP contribution in [0, 0.1) is 13.8 Å². The number of carboxylic acids is 1. The Morgan fingerprint density at radius 1 is 1.24 bits per heavy atom. The molecule has 0 spiro atoms. The zero-order valence-corrected chi connectivity index (χ0v) is 12.4. The van der Waals surface area contributed by atoms with Gasteiger partial charge in [-0.25, -0.2) is 9.78 Å². The van der Waals surface area contributed by atoms with E-state index in [0.717, 1.165) is 21.6 Å². The highest BCUT2D eigenvalue weighted by atomic mass is 32.1. The Balaban J connectivity index is 2.16. The average molecular weight is 299 g/mol. The SMILES string of the molecule is Cc1ccc(-c2oc(-c3cccs3)nc2C(=O)O)cc1C. The van der Waals surface area contributed by atoms with Crippen LogP contribution in [0.1, 0.15) is 21.6 Å². The first-order valence-corrected chi connectivity index (χ1v) is 7.30. The van der Waals surface area contributed by atoms with Crippen molar-refractivity contribution >= 4 is 17.3 Å². The Hall–Kier alpha value is -2.40. The predicted molar refractivity (Wildman–Crippen MR) is 81.7 cm³/mol. The fourth-order valence-electron chi connectivity index (χ4n) is 2.05. The maximum atomic E-state index is 11.4. The topological polar surface area (TPSA) is 63.3 Å². The van der Waals surface area contributed by atoms with E-state index in [1.807, 2.05) is 49.6 Å². The van der Waals surface area contributed by atoms with E-state index in [1.54, 1.807) is 0 Å². The van der Waals surface area contributed by atoms with Gasteiger partial charge in [-0.15, -0.1) is 11.3 Å². The normalized spacial score (nSPS) is 10.8. The van der Waals surface area contributed by atoms with Crippen molar-refractivity contribution in [3.8, 4) is 22.1 Å². The molecule has 0 aliphatic rings. The van der Waals surface area contributed by atoms with Crippen LogP contribution in [0.25, 0.3) is 22.1 Å². The van der Waals surface area contributed by atoms with Crippen LogP contribution >= 0.6 is 11.3 Å². The predicted octanol–water partition coefficient (Wildman–Crippen LogP) is 4.39. The maximum Gasteiger partial charge on any atom is 0.358 e. The summed E-state index contributed by atoms with van der Waals surface area (Å²) in [6, 6.07) is 9.45. The zero-order valence-electron chi connectivity index (χ0n) is 11.6. The Morgan fingerprint density at radius 2 is 2.05 bits per heavy atom. The van der Waals surface area contributed by atoms with Crippen LogP contribution in [0.5, 0.6) is 0 Å². The van der Waals surface area contributed by atoms with Gasteiger partial charge in [0, 0.05) is 5.56 Å². The largest absolute Gasteiger partial charge is 0.476 e. The quantitative estimate of drug-likeness (QED) is 0.779. The van der Waals surface area contributed by atoms with Gasteiger partial charge in [-0.2, -0.15) is 0 Å². The molecule has 3 rings (SSSR count). The molecule has 4 nitrogen and oxygen atoms in total. The maximum absolute atomic E-state index is 11.4. The molecule has 2 heterocycles. The van der Waals surface area contributed by atoms with Crippen molar-refractivity contribution in [3.63, 3.8) is 0 Å². The number of nitrogens with zero attached hydrogens (tertiary/aromatic N) is 1. The van der Waals surface area contributed by atoms with Crippen molar-refractivity contribution in [2.24, 2.45) is 0 Å². The smallest absolute Gasteiger partial charge is 0.358 e. The highest BCUT2D eigenvalue weighted by molar-refractivity contribution is 7.13. The second-order valence-corrected chi connectivity index (χ2v) is 5.73. The molecular formula is C16H13NO3S. The molecular weight excluding hydrogens is 286 g/mol. The second kappa shape index (κ2) is 5.18. The van der Waals surface area contributed by atoms with Gasteiger partial charge in [-0.05, 0) is 42.5 Å². The zero-order chi connectivity index (χ0) is 15.0. The number of benzene rings is 1. The summed E-state index contributed by atoms with van der Waals surface area (Å²) >= 11 is 1.46. The van der Waals surface area contributed by atoms with Gasteiger partial charge in [0.15, 0.2) is 11.5 Å². The number of aromatic nitrogens is 1. The van der Waals surface area contributed by atoms with E-state index in [-0.39, 0.29) is 5.69 Å². The van der Waals surface area contributed by atoms with Crippen molar-refractivity contribution in [2.75, 3.05) is 0 Å². The van der Waals surface area contributed by atoms with Gasteiger partial charge in [0.05, 0.1) is 4.88 Å². The van der Waals surface area contributed by atoms with Crippen LogP contribution in [-0.4, -0.2) is 16.1 Å². The van der Waals surface area contributed by atoms with Crippen molar-refractivity contribution in [2.45, 2.75) is 13.8 Å². The molecule has 0 atom stereocenters. The van der Waals surface area contributed by atoms with Crippen LogP contribution < -0.4 is 0 Å². The van der Waals surface area contributed by atoms with Gasteiger partial charge in [-0.1, -0.05) is 18.2 Å². The number of rotatable bonds is 3. The molecule has 1 N–H and O–H groups in total. The van der Waals surface area contributed by atoms with E-state index in [2.05, 4.69) is 4.98 Å². The summed E-state index contributed by atoms with van der Waals surface area (Å²) < 4.78 is 5.72. The number of thiophene rings is 1. The summed E-state index contributed by atoms with van der Waals surface area (Å²) in [6.07, 6.45) is 0. The Bertz CT molecular complexity index is 803. The van der Waals surface area contributed by atoms with E-state index in [1.165, 1.54) is 11.3 Å². The van der Waals surface area contributed by atoms with Crippen LogP contribution in [0.4, 0.5) is 0 Å². The van der Waals surface area contributed by atoms with E-state index in [9.17, 15) is 9.90 Å². The van der Waals surface area contributed by atoms with Crippen LogP contribution in [-0.2, 0) is 0 Å². The van der Waals surface area contributed by atoms with E-state index in [0.29, 0.717) is 11.7 Å². The third-order valence-electron chi connectivity index (χ3n) is 3.33. The van der Waals surface area contributed by atoms with Gasteiger partial charge < -0.3 is 9.52 Å². The van der Waals surface area contributed by atoms with Gasteiger partial charge >= 0.3 is 5.97 Å². The highest BCUT2D eigenvalue weighted by Gasteiger charge is 2.22. The molecule has 3 aromatic rings. The van der Waals surface area contributed by atoms with Crippen LogP contribution in [0.15, 0.2) is 40.1 Å². The standard InChI is InChI=1S/C16H13NO3S/c1-9-5-6-11(8-10(9)2)14-13(16(18)19)17-15(20-14)12-4-3-7-21-12/h3-8H,1-2H3,(H,18,19). The molecule has 106 valence electrons. The molecule has 0 saturated carbocycles. The van der Waals surface area contributed by atoms with Crippen molar-refractivity contribution in [1.82, 2.24) is 4.98 Å². The first kappa shape index (κ1) is 13.6. The Labute approximate surface area is 125 Å². The summed E-state index contributed by atoms with van der Waals surface area (Å²) in [7, 11) is 0. The lowest BCUT2D eigenvalue weighted by Gasteiger charge is -2.03. The summed E-state index contributed by atoms with van der Waals surface area (Å²) in [5, 5.41) is 11.2. The number of aryl methyl sites for hydroxylation is 2. The minimum Gasteiger partial charge on any atom is -0.476 e. The number of carbonyl (C=O) groups is 1. The molecule has 5 heteroatoms. The second-order valence-electron chi connectivity index (χ2n) is 4.78. The molecule has 0 unspecified atom stereocenters. The van der Waals surface area contributed by atoms with Gasteiger partial charge in [-0.3, -0.25) is 0 Å². The number of oxazole rings is 1. The summed E-state index contributed by atoms with van der Waals surface area (Å²) in [5.74, 6) is -0.445. The number of carboxylic acid groups (broad SMARTS) is 1. The molecule has 21 heavy (non-hydrogen) atoms. The fraction of sp³-hybridized carbons (Fsp3) is 0.125. The lowest BCUT2D eigenvalue weighted by molar-refractivity contribution is 0.0691. The Kier molecular flexibility index (Phi) is 3.35. The average Bonchev–Trinajstić information content (AvgIpc) is 3.09.